The topological polar surface area (TPSA) is 84.0 Å². The van der Waals surface area contributed by atoms with Crippen LogP contribution in [0.2, 0.25) is 0 Å². The van der Waals surface area contributed by atoms with Gasteiger partial charge >= 0.3 is 0 Å². The summed E-state index contributed by atoms with van der Waals surface area (Å²) in [6.07, 6.45) is 4.03. The second-order valence-electron chi connectivity index (χ2n) is 4.53. The molecule has 0 fully saturated rings. The van der Waals surface area contributed by atoms with Crippen LogP contribution in [0.1, 0.15) is 23.8 Å². The monoisotopic (exact) mass is 326 g/mol. The Morgan fingerprint density at radius 2 is 2.00 bits per heavy atom. The number of thiophene rings is 1. The fourth-order valence-electron chi connectivity index (χ4n) is 1.70. The van der Waals surface area contributed by atoms with Crippen LogP contribution in [0.25, 0.3) is 0 Å². The Kier molecular flexibility index (Phi) is 5.27. The third-order valence-electron chi connectivity index (χ3n) is 2.77. The van der Waals surface area contributed by atoms with E-state index in [1.807, 2.05) is 6.92 Å². The minimum atomic E-state index is -3.63. The molecular formula is C13H18N4O2S2. The van der Waals surface area contributed by atoms with Crippen molar-refractivity contribution in [1.29, 1.82) is 0 Å². The molecule has 0 amide bonds. The lowest BCUT2D eigenvalue weighted by Crippen LogP contribution is -2.14. The van der Waals surface area contributed by atoms with Gasteiger partial charge in [-0.1, -0.05) is 6.92 Å². The molecule has 0 spiro atoms. The molecule has 0 radical (unpaired) electrons. The van der Waals surface area contributed by atoms with Gasteiger partial charge in [-0.25, -0.2) is 23.1 Å². The van der Waals surface area contributed by atoms with Gasteiger partial charge in [0.2, 0.25) is 5.95 Å². The predicted octanol–water partition coefficient (Wildman–Crippen LogP) is 2.15. The van der Waals surface area contributed by atoms with Gasteiger partial charge in [-0.05, 0) is 37.6 Å². The van der Waals surface area contributed by atoms with E-state index in [0.29, 0.717) is 6.54 Å². The molecule has 0 saturated heterocycles. The van der Waals surface area contributed by atoms with Gasteiger partial charge in [-0.15, -0.1) is 11.3 Å². The maximum Gasteiger partial charge on any atom is 0.273 e. The van der Waals surface area contributed by atoms with E-state index in [-0.39, 0.29) is 10.2 Å². The van der Waals surface area contributed by atoms with Crippen molar-refractivity contribution in [2.24, 2.45) is 0 Å². The highest BCUT2D eigenvalue weighted by atomic mass is 32.2. The van der Waals surface area contributed by atoms with Crippen molar-refractivity contribution in [3.63, 3.8) is 0 Å². The number of hydrogen-bond donors (Lipinski definition) is 2. The molecule has 114 valence electrons. The van der Waals surface area contributed by atoms with E-state index < -0.39 is 10.0 Å². The SMILES string of the molecule is CCCNCc1sc(S(=O)(=O)Nc2ncccn2)cc1C. The summed E-state index contributed by atoms with van der Waals surface area (Å²) < 4.78 is 27.3. The van der Waals surface area contributed by atoms with Crippen LogP contribution in [0.4, 0.5) is 5.95 Å². The third-order valence-corrected chi connectivity index (χ3v) is 5.81. The van der Waals surface area contributed by atoms with Crippen LogP contribution in [-0.2, 0) is 16.6 Å². The Bertz CT molecular complexity index is 683. The van der Waals surface area contributed by atoms with E-state index in [1.54, 1.807) is 12.1 Å². The molecule has 0 unspecified atom stereocenters. The molecule has 2 rings (SSSR count). The van der Waals surface area contributed by atoms with Gasteiger partial charge in [0.15, 0.2) is 0 Å². The fraction of sp³-hybridized carbons (Fsp3) is 0.385. The summed E-state index contributed by atoms with van der Waals surface area (Å²) in [6, 6.07) is 3.31. The van der Waals surface area contributed by atoms with E-state index in [9.17, 15) is 8.42 Å². The maximum atomic E-state index is 12.3. The zero-order chi connectivity index (χ0) is 15.3. The number of anilines is 1. The molecule has 2 aromatic rings. The summed E-state index contributed by atoms with van der Waals surface area (Å²) in [5, 5.41) is 3.28. The first-order chi connectivity index (χ1) is 10.0. The summed E-state index contributed by atoms with van der Waals surface area (Å²) in [5.74, 6) is 0.0780. The first kappa shape index (κ1) is 15.9. The first-order valence-electron chi connectivity index (χ1n) is 6.63. The minimum absolute atomic E-state index is 0.0780. The van der Waals surface area contributed by atoms with Gasteiger partial charge in [0.05, 0.1) is 0 Å². The first-order valence-corrected chi connectivity index (χ1v) is 8.92. The van der Waals surface area contributed by atoms with Crippen LogP contribution < -0.4 is 10.0 Å². The van der Waals surface area contributed by atoms with Crippen LogP contribution in [0, 0.1) is 6.92 Å². The molecule has 21 heavy (non-hydrogen) atoms. The summed E-state index contributed by atoms with van der Waals surface area (Å²) in [6.45, 7) is 5.60. The maximum absolute atomic E-state index is 12.3. The average molecular weight is 326 g/mol. The lowest BCUT2D eigenvalue weighted by molar-refractivity contribution is 0.602. The number of hydrogen-bond acceptors (Lipinski definition) is 6. The van der Waals surface area contributed by atoms with E-state index in [0.717, 1.165) is 23.4 Å². The van der Waals surface area contributed by atoms with Crippen LogP contribution in [-0.4, -0.2) is 24.9 Å². The van der Waals surface area contributed by atoms with Gasteiger partial charge in [-0.3, -0.25) is 0 Å². The van der Waals surface area contributed by atoms with Gasteiger partial charge in [0, 0.05) is 23.8 Å². The van der Waals surface area contributed by atoms with Crippen molar-refractivity contribution < 1.29 is 8.42 Å². The van der Waals surface area contributed by atoms with Crippen molar-refractivity contribution in [1.82, 2.24) is 15.3 Å². The predicted molar refractivity (Wildman–Crippen MR) is 83.9 cm³/mol. The molecule has 2 N–H and O–H groups in total. The molecule has 8 heteroatoms. The zero-order valence-corrected chi connectivity index (χ0v) is 13.6. The van der Waals surface area contributed by atoms with E-state index in [2.05, 4.69) is 26.9 Å². The molecule has 6 nitrogen and oxygen atoms in total. The summed E-state index contributed by atoms with van der Waals surface area (Å²) >= 11 is 1.27. The number of nitrogens with zero attached hydrogens (tertiary/aromatic N) is 2. The minimum Gasteiger partial charge on any atom is -0.312 e. The molecule has 0 saturated carbocycles. The van der Waals surface area contributed by atoms with Gasteiger partial charge in [-0.2, -0.15) is 0 Å². The van der Waals surface area contributed by atoms with Crippen molar-refractivity contribution in [3.8, 4) is 0 Å². The molecular weight excluding hydrogens is 308 g/mol. The lowest BCUT2D eigenvalue weighted by atomic mass is 10.3. The number of sulfonamides is 1. The van der Waals surface area contributed by atoms with Crippen LogP contribution in [0.5, 0.6) is 0 Å². The highest BCUT2D eigenvalue weighted by Crippen LogP contribution is 2.27. The summed E-state index contributed by atoms with van der Waals surface area (Å²) in [4.78, 5) is 8.77. The zero-order valence-electron chi connectivity index (χ0n) is 12.0. The highest BCUT2D eigenvalue weighted by Gasteiger charge is 2.19. The average Bonchev–Trinajstić information content (AvgIpc) is 2.82. The fourth-order valence-corrected chi connectivity index (χ4v) is 4.21. The molecule has 2 aromatic heterocycles. The Morgan fingerprint density at radius 1 is 1.29 bits per heavy atom. The van der Waals surface area contributed by atoms with Crippen molar-refractivity contribution in [2.75, 3.05) is 11.3 Å². The number of rotatable bonds is 7. The van der Waals surface area contributed by atoms with Crippen molar-refractivity contribution >= 4 is 27.3 Å². The Morgan fingerprint density at radius 3 is 2.67 bits per heavy atom. The molecule has 0 aliphatic carbocycles. The molecule has 0 atom stereocenters. The summed E-state index contributed by atoms with van der Waals surface area (Å²) in [5.41, 5.74) is 0.970. The number of nitrogens with one attached hydrogen (secondary N) is 2. The highest BCUT2D eigenvalue weighted by molar-refractivity contribution is 7.94. The summed E-state index contributed by atoms with van der Waals surface area (Å²) in [7, 11) is -3.63. The Balaban J connectivity index is 2.15. The van der Waals surface area contributed by atoms with Gasteiger partial charge in [0.1, 0.15) is 4.21 Å². The van der Waals surface area contributed by atoms with Crippen molar-refractivity contribution in [2.45, 2.75) is 31.0 Å². The quantitative estimate of drug-likeness (QED) is 0.762. The Hall–Kier alpha value is -1.51. The lowest BCUT2D eigenvalue weighted by Gasteiger charge is -2.03. The normalized spacial score (nSPS) is 11.5. The van der Waals surface area contributed by atoms with Gasteiger partial charge in [0.25, 0.3) is 10.0 Å². The molecule has 0 bridgehead atoms. The number of aromatic nitrogens is 2. The van der Waals surface area contributed by atoms with E-state index in [1.165, 1.54) is 23.7 Å². The largest absolute Gasteiger partial charge is 0.312 e. The number of aryl methyl sites for hydroxylation is 1. The second-order valence-corrected chi connectivity index (χ2v) is 7.57. The van der Waals surface area contributed by atoms with Crippen molar-refractivity contribution in [3.05, 3.63) is 35.0 Å². The van der Waals surface area contributed by atoms with E-state index in [4.69, 9.17) is 0 Å². The Labute approximate surface area is 128 Å². The standard InChI is InChI=1S/C13H18N4O2S2/c1-3-5-14-9-11-10(2)8-12(20-11)21(18,19)17-13-15-6-4-7-16-13/h4,6-8,14H,3,5,9H2,1-2H3,(H,15,16,17). The third kappa shape index (κ3) is 4.23. The second kappa shape index (κ2) is 6.97. The molecule has 0 aliphatic rings. The molecule has 0 aromatic carbocycles. The van der Waals surface area contributed by atoms with Gasteiger partial charge < -0.3 is 5.32 Å². The van der Waals surface area contributed by atoms with E-state index >= 15 is 0 Å². The van der Waals surface area contributed by atoms with Crippen LogP contribution in [0.15, 0.2) is 28.7 Å². The smallest absolute Gasteiger partial charge is 0.273 e. The van der Waals surface area contributed by atoms with Crippen LogP contribution >= 0.6 is 11.3 Å². The van der Waals surface area contributed by atoms with Crippen LogP contribution in [0.3, 0.4) is 0 Å². The molecule has 0 aliphatic heterocycles. The molecule has 2 heterocycles.